The Hall–Kier alpha value is -0.610. The third-order valence-electron chi connectivity index (χ3n) is 2.94. The predicted octanol–water partition coefficient (Wildman–Crippen LogP) is -0.325. The molecule has 2 saturated heterocycles. The van der Waals surface area contributed by atoms with Crippen molar-refractivity contribution >= 4 is 5.91 Å². The van der Waals surface area contributed by atoms with Crippen LogP contribution in [-0.2, 0) is 4.79 Å². The van der Waals surface area contributed by atoms with Gasteiger partial charge in [-0.15, -0.1) is 0 Å². The molecule has 0 aromatic heterocycles. The molecule has 2 heterocycles. The van der Waals surface area contributed by atoms with Crippen LogP contribution in [0.25, 0.3) is 0 Å². The van der Waals surface area contributed by atoms with E-state index in [0.717, 1.165) is 26.2 Å². The van der Waals surface area contributed by atoms with Gasteiger partial charge >= 0.3 is 0 Å². The van der Waals surface area contributed by atoms with Gasteiger partial charge in [0.25, 0.3) is 0 Å². The van der Waals surface area contributed by atoms with Crippen molar-refractivity contribution in [1.82, 2.24) is 15.3 Å². The second-order valence-corrected chi connectivity index (χ2v) is 3.97. The summed E-state index contributed by atoms with van der Waals surface area (Å²) in [7, 11) is 1.99. The minimum Gasteiger partial charge on any atom is -0.316 e. The maximum absolute atomic E-state index is 11.4. The van der Waals surface area contributed by atoms with Crippen LogP contribution in [0, 0.1) is 5.92 Å². The lowest BCUT2D eigenvalue weighted by atomic mass is 10.1. The smallest absolute Gasteiger partial charge is 0.238 e. The Bertz CT molecular complexity index is 201. The summed E-state index contributed by atoms with van der Waals surface area (Å²) >= 11 is 0. The van der Waals surface area contributed by atoms with Gasteiger partial charge in [-0.2, -0.15) is 0 Å². The van der Waals surface area contributed by atoms with Crippen molar-refractivity contribution in [2.24, 2.45) is 5.92 Å². The van der Waals surface area contributed by atoms with Gasteiger partial charge in [-0.25, -0.2) is 5.01 Å². The Morgan fingerprint density at radius 1 is 1.62 bits per heavy atom. The monoisotopic (exact) mass is 183 g/mol. The Morgan fingerprint density at radius 2 is 2.46 bits per heavy atom. The van der Waals surface area contributed by atoms with E-state index in [1.165, 1.54) is 6.42 Å². The Labute approximate surface area is 78.8 Å². The normalized spacial score (nSPS) is 30.4. The molecule has 2 aliphatic rings. The zero-order chi connectivity index (χ0) is 9.26. The fourth-order valence-corrected chi connectivity index (χ4v) is 2.05. The summed E-state index contributed by atoms with van der Waals surface area (Å²) < 4.78 is 0. The van der Waals surface area contributed by atoms with Crippen molar-refractivity contribution in [2.45, 2.75) is 12.8 Å². The summed E-state index contributed by atoms with van der Waals surface area (Å²) in [6.45, 7) is 3.97. The van der Waals surface area contributed by atoms with Gasteiger partial charge in [-0.3, -0.25) is 9.80 Å². The van der Waals surface area contributed by atoms with Crippen LogP contribution < -0.4 is 5.32 Å². The molecular formula is C9H17N3O. The molecule has 2 aliphatic heterocycles. The van der Waals surface area contributed by atoms with Crippen LogP contribution in [0.5, 0.6) is 0 Å². The average Bonchev–Trinajstić information content (AvgIpc) is 2.70. The van der Waals surface area contributed by atoms with E-state index in [1.54, 1.807) is 0 Å². The number of hydrogen-bond donors (Lipinski definition) is 1. The molecular weight excluding hydrogens is 166 g/mol. The van der Waals surface area contributed by atoms with E-state index in [0.29, 0.717) is 12.3 Å². The fraction of sp³-hybridized carbons (Fsp3) is 0.889. The SMILES string of the molecule is CN1CCC(=O)N1CC1CCNC1. The van der Waals surface area contributed by atoms with Crippen LogP contribution in [0.15, 0.2) is 0 Å². The highest BCUT2D eigenvalue weighted by molar-refractivity contribution is 5.77. The second-order valence-electron chi connectivity index (χ2n) is 3.97. The topological polar surface area (TPSA) is 35.6 Å². The second kappa shape index (κ2) is 3.64. The maximum atomic E-state index is 11.4. The molecule has 1 unspecified atom stereocenters. The molecule has 2 fully saturated rings. The number of amides is 1. The minimum absolute atomic E-state index is 0.286. The zero-order valence-electron chi connectivity index (χ0n) is 8.12. The third-order valence-corrected chi connectivity index (χ3v) is 2.94. The molecule has 0 aromatic rings. The zero-order valence-corrected chi connectivity index (χ0v) is 8.12. The van der Waals surface area contributed by atoms with Gasteiger partial charge in [0.1, 0.15) is 0 Å². The summed E-state index contributed by atoms with van der Waals surface area (Å²) in [4.78, 5) is 11.4. The molecule has 1 amide bonds. The molecule has 2 rings (SSSR count). The number of hydrazine groups is 1. The molecule has 13 heavy (non-hydrogen) atoms. The van der Waals surface area contributed by atoms with Gasteiger partial charge in [-0.05, 0) is 25.4 Å². The van der Waals surface area contributed by atoms with Crippen molar-refractivity contribution in [3.05, 3.63) is 0 Å². The van der Waals surface area contributed by atoms with E-state index in [2.05, 4.69) is 5.32 Å². The number of hydrogen-bond acceptors (Lipinski definition) is 3. The first kappa shape index (κ1) is 8.97. The van der Waals surface area contributed by atoms with E-state index in [4.69, 9.17) is 0 Å². The molecule has 74 valence electrons. The van der Waals surface area contributed by atoms with Crippen LogP contribution in [0.3, 0.4) is 0 Å². The highest BCUT2D eigenvalue weighted by Gasteiger charge is 2.28. The molecule has 4 nitrogen and oxygen atoms in total. The quantitative estimate of drug-likeness (QED) is 0.637. The minimum atomic E-state index is 0.286. The van der Waals surface area contributed by atoms with Crippen LogP contribution in [0.2, 0.25) is 0 Å². The van der Waals surface area contributed by atoms with Crippen molar-refractivity contribution < 1.29 is 4.79 Å². The van der Waals surface area contributed by atoms with Gasteiger partial charge in [0.15, 0.2) is 0 Å². The number of nitrogens with one attached hydrogen (secondary N) is 1. The van der Waals surface area contributed by atoms with E-state index >= 15 is 0 Å². The van der Waals surface area contributed by atoms with Crippen molar-refractivity contribution in [2.75, 3.05) is 33.2 Å². The third kappa shape index (κ3) is 1.84. The van der Waals surface area contributed by atoms with E-state index in [9.17, 15) is 4.79 Å². The van der Waals surface area contributed by atoms with Gasteiger partial charge in [0, 0.05) is 26.6 Å². The molecule has 4 heteroatoms. The summed E-state index contributed by atoms with van der Waals surface area (Å²) in [5.74, 6) is 0.943. The molecule has 0 bridgehead atoms. The lowest BCUT2D eigenvalue weighted by Crippen LogP contribution is -2.40. The fourth-order valence-electron chi connectivity index (χ4n) is 2.05. The number of carbonyl (C=O) groups is 1. The highest BCUT2D eigenvalue weighted by Crippen LogP contribution is 2.15. The molecule has 0 aliphatic carbocycles. The molecule has 0 saturated carbocycles. The number of nitrogens with zero attached hydrogens (tertiary/aromatic N) is 2. The highest BCUT2D eigenvalue weighted by atomic mass is 16.2. The molecule has 1 atom stereocenters. The van der Waals surface area contributed by atoms with E-state index in [1.807, 2.05) is 17.1 Å². The molecule has 0 aromatic carbocycles. The first-order chi connectivity index (χ1) is 6.27. The van der Waals surface area contributed by atoms with Gasteiger partial charge in [0.05, 0.1) is 0 Å². The van der Waals surface area contributed by atoms with Crippen LogP contribution in [0.4, 0.5) is 0 Å². The lowest BCUT2D eigenvalue weighted by Gasteiger charge is -2.26. The Kier molecular flexibility index (Phi) is 2.51. The number of rotatable bonds is 2. The van der Waals surface area contributed by atoms with E-state index < -0.39 is 0 Å². The first-order valence-corrected chi connectivity index (χ1v) is 4.99. The van der Waals surface area contributed by atoms with Crippen molar-refractivity contribution in [3.8, 4) is 0 Å². The lowest BCUT2D eigenvalue weighted by molar-refractivity contribution is -0.137. The van der Waals surface area contributed by atoms with Crippen molar-refractivity contribution in [1.29, 1.82) is 0 Å². The largest absolute Gasteiger partial charge is 0.316 e. The standard InChI is InChI=1S/C9H17N3O/c1-11-5-3-9(13)12(11)7-8-2-4-10-6-8/h8,10H,2-7H2,1H3. The molecule has 1 N–H and O–H groups in total. The Balaban J connectivity index is 1.88. The Morgan fingerprint density at radius 3 is 3.00 bits per heavy atom. The summed E-state index contributed by atoms with van der Waals surface area (Å²) in [5.41, 5.74) is 0. The molecule has 0 spiro atoms. The summed E-state index contributed by atoms with van der Waals surface area (Å²) in [6, 6.07) is 0. The van der Waals surface area contributed by atoms with Crippen LogP contribution in [-0.4, -0.2) is 49.2 Å². The predicted molar refractivity (Wildman–Crippen MR) is 49.9 cm³/mol. The van der Waals surface area contributed by atoms with Gasteiger partial charge in [0.2, 0.25) is 5.91 Å². The number of carbonyl (C=O) groups excluding carboxylic acids is 1. The van der Waals surface area contributed by atoms with Crippen LogP contribution in [0.1, 0.15) is 12.8 Å². The first-order valence-electron chi connectivity index (χ1n) is 4.99. The maximum Gasteiger partial charge on any atom is 0.238 e. The van der Waals surface area contributed by atoms with Crippen molar-refractivity contribution in [3.63, 3.8) is 0 Å². The van der Waals surface area contributed by atoms with Crippen LogP contribution >= 0.6 is 0 Å². The summed E-state index contributed by atoms with van der Waals surface area (Å²) in [5, 5.41) is 7.26. The van der Waals surface area contributed by atoms with Gasteiger partial charge in [-0.1, -0.05) is 0 Å². The van der Waals surface area contributed by atoms with Gasteiger partial charge < -0.3 is 5.32 Å². The summed E-state index contributed by atoms with van der Waals surface area (Å²) in [6.07, 6.45) is 1.90. The molecule has 0 radical (unpaired) electrons. The van der Waals surface area contributed by atoms with E-state index in [-0.39, 0.29) is 5.91 Å². The average molecular weight is 183 g/mol.